The van der Waals surface area contributed by atoms with Gasteiger partial charge in [-0.1, -0.05) is 32.9 Å². The van der Waals surface area contributed by atoms with Gasteiger partial charge in [-0.15, -0.1) is 11.3 Å². The van der Waals surface area contributed by atoms with Gasteiger partial charge in [-0.25, -0.2) is 45.0 Å². The van der Waals surface area contributed by atoms with Crippen LogP contribution in [0.15, 0.2) is 82.7 Å². The molecule has 9 nitrogen and oxygen atoms in total. The molecule has 0 atom stereocenters. The zero-order chi connectivity index (χ0) is 32.7. The molecule has 2 N–H and O–H groups in total. The number of anilines is 3. The van der Waals surface area contributed by atoms with Crippen molar-refractivity contribution in [1.82, 2.24) is 15.0 Å². The van der Waals surface area contributed by atoms with Crippen molar-refractivity contribution in [1.29, 1.82) is 0 Å². The van der Waals surface area contributed by atoms with Crippen molar-refractivity contribution >= 4 is 48.5 Å². The number of sulfonamides is 1. The summed E-state index contributed by atoms with van der Waals surface area (Å²) in [4.78, 5) is 12.9. The molecule has 0 radical (unpaired) electrons. The largest absolute Gasteiger partial charge is 0.324 e. The van der Waals surface area contributed by atoms with Crippen molar-refractivity contribution < 1.29 is 30.0 Å². The van der Waals surface area contributed by atoms with Gasteiger partial charge in [0.2, 0.25) is 5.95 Å². The van der Waals surface area contributed by atoms with Crippen molar-refractivity contribution in [3.8, 4) is 21.8 Å². The van der Waals surface area contributed by atoms with Gasteiger partial charge in [-0.2, -0.15) is 0 Å². The second kappa shape index (κ2) is 11.9. The van der Waals surface area contributed by atoms with Crippen molar-refractivity contribution in [2.24, 2.45) is 0 Å². The van der Waals surface area contributed by atoms with Crippen molar-refractivity contribution in [2.45, 2.75) is 36.0 Å². The molecule has 0 unspecified atom stereocenters. The smallest absolute Gasteiger partial charge is 0.267 e. The summed E-state index contributed by atoms with van der Waals surface area (Å²) in [5, 5.41) is 3.65. The van der Waals surface area contributed by atoms with Crippen LogP contribution in [0.4, 0.5) is 30.5 Å². The molecule has 5 aromatic rings. The summed E-state index contributed by atoms with van der Waals surface area (Å²) in [5.41, 5.74) is 0.0107. The number of halogens is 3. The third-order valence-electron chi connectivity index (χ3n) is 6.38. The van der Waals surface area contributed by atoms with Gasteiger partial charge in [0.1, 0.15) is 11.6 Å². The molecule has 0 spiro atoms. The van der Waals surface area contributed by atoms with E-state index in [1.807, 2.05) is 25.5 Å². The topological polar surface area (TPSA) is 131 Å². The van der Waals surface area contributed by atoms with Crippen molar-refractivity contribution in [2.75, 3.05) is 16.3 Å². The van der Waals surface area contributed by atoms with E-state index in [-0.39, 0.29) is 22.1 Å². The van der Waals surface area contributed by atoms with E-state index >= 15 is 4.39 Å². The van der Waals surface area contributed by atoms with E-state index in [2.05, 4.69) is 15.3 Å². The van der Waals surface area contributed by atoms with E-state index in [9.17, 15) is 25.6 Å². The summed E-state index contributed by atoms with van der Waals surface area (Å²) < 4.78 is 95.9. The Bertz CT molecular complexity index is 2110. The predicted octanol–water partition coefficient (Wildman–Crippen LogP) is 6.93. The molecule has 5 rings (SSSR count). The summed E-state index contributed by atoms with van der Waals surface area (Å²) in [6, 6.07) is 14.2. The Morgan fingerprint density at radius 3 is 2.09 bits per heavy atom. The monoisotopic (exact) mass is 673 g/mol. The second-order valence-electron chi connectivity index (χ2n) is 11.0. The molecule has 45 heavy (non-hydrogen) atoms. The summed E-state index contributed by atoms with van der Waals surface area (Å²) >= 11 is 1.26. The van der Waals surface area contributed by atoms with Gasteiger partial charge in [0.25, 0.3) is 10.0 Å². The van der Waals surface area contributed by atoms with Crippen LogP contribution in [0.25, 0.3) is 21.8 Å². The van der Waals surface area contributed by atoms with E-state index in [1.54, 1.807) is 18.2 Å². The van der Waals surface area contributed by atoms with Gasteiger partial charge in [0.05, 0.1) is 31.9 Å². The zero-order valence-corrected chi connectivity index (χ0v) is 26.7. The van der Waals surface area contributed by atoms with Crippen LogP contribution in [0.5, 0.6) is 0 Å². The van der Waals surface area contributed by atoms with Crippen LogP contribution in [0.2, 0.25) is 0 Å². The van der Waals surface area contributed by atoms with Gasteiger partial charge >= 0.3 is 0 Å². The molecule has 234 valence electrons. The highest BCUT2D eigenvalue weighted by Gasteiger charge is 2.28. The fourth-order valence-electron chi connectivity index (χ4n) is 4.19. The number of nitrogens with zero attached hydrogens (tertiary/aromatic N) is 3. The minimum atomic E-state index is -4.84. The SMILES string of the molecule is CC(C)(C)c1nc(-c2cccc(NS(=O)(=O)c3c(F)cccc3F)c2F)c(-c2ccnc(Nc3ccc(S(C)(=O)=O)cc3)n2)s1. The quantitative estimate of drug-likeness (QED) is 0.181. The van der Waals surface area contributed by atoms with Crippen LogP contribution in [0.3, 0.4) is 0 Å². The first-order chi connectivity index (χ1) is 21.0. The number of sulfone groups is 1. The Morgan fingerprint density at radius 1 is 0.822 bits per heavy atom. The van der Waals surface area contributed by atoms with E-state index in [4.69, 9.17) is 4.98 Å². The standard InChI is InChI=1S/C30H26F3N5O4S3/c1-30(2,3)28-37-25(19-7-5-10-22(24(19)33)38-45(41,42)27-20(31)8-6-9-21(27)32)26(43-28)23-15-16-34-29(36-23)35-17-11-13-18(14-12-17)44(4,39)40/h5-16,38H,1-4H3,(H,34,35,36). The molecule has 0 amide bonds. The molecule has 2 heterocycles. The highest BCUT2D eigenvalue weighted by atomic mass is 32.2. The van der Waals surface area contributed by atoms with Gasteiger partial charge < -0.3 is 5.32 Å². The Hall–Kier alpha value is -4.34. The highest BCUT2D eigenvalue weighted by Crippen LogP contribution is 2.42. The zero-order valence-electron chi connectivity index (χ0n) is 24.3. The molecule has 0 aliphatic rings. The maximum atomic E-state index is 16.1. The Kier molecular flexibility index (Phi) is 8.46. The van der Waals surface area contributed by atoms with Crippen LogP contribution in [-0.4, -0.2) is 38.0 Å². The molecular formula is C30H26F3N5O4S3. The lowest BCUT2D eigenvalue weighted by Crippen LogP contribution is -2.17. The predicted molar refractivity (Wildman–Crippen MR) is 167 cm³/mol. The normalized spacial score (nSPS) is 12.2. The van der Waals surface area contributed by atoms with E-state index in [0.717, 1.165) is 30.5 Å². The summed E-state index contributed by atoms with van der Waals surface area (Å²) in [5.74, 6) is -3.49. The molecule has 0 saturated carbocycles. The first kappa shape index (κ1) is 32.1. The first-order valence-corrected chi connectivity index (χ1v) is 17.4. The number of aromatic nitrogens is 3. The Balaban J connectivity index is 1.55. The van der Waals surface area contributed by atoms with Gasteiger partial charge in [0, 0.05) is 29.1 Å². The average Bonchev–Trinajstić information content (AvgIpc) is 3.40. The van der Waals surface area contributed by atoms with Crippen LogP contribution in [0, 0.1) is 17.5 Å². The third-order valence-corrected chi connectivity index (χ3v) is 10.4. The molecule has 2 aromatic heterocycles. The number of rotatable bonds is 8. The Morgan fingerprint density at radius 2 is 1.47 bits per heavy atom. The van der Waals surface area contributed by atoms with Crippen LogP contribution >= 0.6 is 11.3 Å². The molecular weight excluding hydrogens is 648 g/mol. The summed E-state index contributed by atoms with van der Waals surface area (Å²) in [7, 11) is -8.22. The number of benzene rings is 3. The molecule has 0 bridgehead atoms. The van der Waals surface area contributed by atoms with Crippen LogP contribution in [-0.2, 0) is 25.3 Å². The number of thiazole rings is 1. The van der Waals surface area contributed by atoms with E-state index in [1.165, 1.54) is 41.8 Å². The Labute approximate surface area is 262 Å². The highest BCUT2D eigenvalue weighted by molar-refractivity contribution is 7.92. The summed E-state index contributed by atoms with van der Waals surface area (Å²) in [6.45, 7) is 5.78. The molecule has 0 fully saturated rings. The minimum Gasteiger partial charge on any atom is -0.324 e. The number of nitrogens with one attached hydrogen (secondary N) is 2. The van der Waals surface area contributed by atoms with Crippen molar-refractivity contribution in [3.05, 3.63) is 95.4 Å². The van der Waals surface area contributed by atoms with Crippen LogP contribution < -0.4 is 10.0 Å². The molecule has 3 aromatic carbocycles. The van der Waals surface area contributed by atoms with Gasteiger partial charge in [0.15, 0.2) is 20.5 Å². The van der Waals surface area contributed by atoms with Gasteiger partial charge in [-0.05, 0) is 54.6 Å². The lowest BCUT2D eigenvalue weighted by molar-refractivity contribution is 0.521. The van der Waals surface area contributed by atoms with E-state index in [0.29, 0.717) is 21.3 Å². The lowest BCUT2D eigenvalue weighted by atomic mass is 9.98. The first-order valence-electron chi connectivity index (χ1n) is 13.2. The maximum Gasteiger partial charge on any atom is 0.267 e. The molecule has 15 heteroatoms. The maximum absolute atomic E-state index is 16.1. The van der Waals surface area contributed by atoms with E-state index < -0.39 is 53.3 Å². The lowest BCUT2D eigenvalue weighted by Gasteiger charge is -2.14. The number of hydrogen-bond acceptors (Lipinski definition) is 9. The molecule has 0 aliphatic carbocycles. The fourth-order valence-corrected chi connectivity index (χ4v) is 7.12. The summed E-state index contributed by atoms with van der Waals surface area (Å²) in [6.07, 6.45) is 2.59. The van der Waals surface area contributed by atoms with Gasteiger partial charge in [-0.3, -0.25) is 4.72 Å². The van der Waals surface area contributed by atoms with Crippen molar-refractivity contribution in [3.63, 3.8) is 0 Å². The van der Waals surface area contributed by atoms with Crippen LogP contribution in [0.1, 0.15) is 25.8 Å². The molecule has 0 aliphatic heterocycles. The molecule has 0 saturated heterocycles. The second-order valence-corrected chi connectivity index (χ2v) is 15.6. The minimum absolute atomic E-state index is 0.0737. The third kappa shape index (κ3) is 6.84. The fraction of sp³-hybridized carbons (Fsp3) is 0.167. The average molecular weight is 674 g/mol. The number of hydrogen-bond donors (Lipinski definition) is 2.